The van der Waals surface area contributed by atoms with Gasteiger partial charge in [0.15, 0.2) is 5.96 Å². The Bertz CT molecular complexity index is 979. The molecule has 2 heterocycles. The Morgan fingerprint density at radius 2 is 1.90 bits per heavy atom. The minimum absolute atomic E-state index is 0.291. The smallest absolute Gasteiger partial charge is 0.243 e. The van der Waals surface area contributed by atoms with E-state index in [1.807, 2.05) is 32.9 Å². The molecule has 3 rings (SSSR count). The van der Waals surface area contributed by atoms with Crippen molar-refractivity contribution in [2.75, 3.05) is 19.6 Å². The molecule has 0 spiro atoms. The summed E-state index contributed by atoms with van der Waals surface area (Å²) in [6.07, 6.45) is 2.93. The molecule has 0 atom stereocenters. The van der Waals surface area contributed by atoms with Gasteiger partial charge < -0.3 is 10.6 Å². The molecule has 0 saturated carbocycles. The van der Waals surface area contributed by atoms with E-state index in [-0.39, 0.29) is 0 Å². The molecular formula is C21H31N5O2S2. The summed E-state index contributed by atoms with van der Waals surface area (Å²) in [7, 11) is -3.49. The quantitative estimate of drug-likeness (QED) is 0.501. The molecule has 2 N–H and O–H groups in total. The number of benzene rings is 1. The number of nitrogens with zero attached hydrogens (tertiary/aromatic N) is 3. The van der Waals surface area contributed by atoms with Crippen LogP contribution < -0.4 is 10.6 Å². The Kier molecular flexibility index (Phi) is 7.85. The third kappa shape index (κ3) is 5.59. The molecule has 0 radical (unpaired) electrons. The number of rotatable bonds is 7. The summed E-state index contributed by atoms with van der Waals surface area (Å²) in [5.74, 6) is 0.660. The van der Waals surface area contributed by atoms with Crippen molar-refractivity contribution in [3.63, 3.8) is 0 Å². The van der Waals surface area contributed by atoms with E-state index in [1.54, 1.807) is 27.8 Å². The summed E-state index contributed by atoms with van der Waals surface area (Å²) in [5, 5.41) is 7.61. The van der Waals surface area contributed by atoms with E-state index in [0.29, 0.717) is 42.6 Å². The van der Waals surface area contributed by atoms with Crippen molar-refractivity contribution in [2.45, 2.75) is 58.0 Å². The van der Waals surface area contributed by atoms with Gasteiger partial charge in [-0.1, -0.05) is 24.6 Å². The first-order valence-corrected chi connectivity index (χ1v) is 12.7. The molecule has 7 nitrogen and oxygen atoms in total. The zero-order valence-corrected chi connectivity index (χ0v) is 19.6. The van der Waals surface area contributed by atoms with Crippen LogP contribution in [0.15, 0.2) is 34.2 Å². The molecule has 1 aliphatic heterocycles. The first-order valence-electron chi connectivity index (χ1n) is 10.4. The third-order valence-electron chi connectivity index (χ3n) is 5.07. The molecule has 30 heavy (non-hydrogen) atoms. The number of aromatic nitrogens is 1. The Labute approximate surface area is 183 Å². The van der Waals surface area contributed by atoms with Crippen LogP contribution in [-0.4, -0.2) is 43.3 Å². The standard InChI is InChI=1S/C21H31N5O2S2/c1-4-22-21(24-15-19-16(2)25-17(3)29-19)23-14-18-10-6-7-11-20(18)30(27,28)26-12-8-5-9-13-26/h6-7,10-11H,4-5,8-9,12-15H2,1-3H3,(H2,22,23,24). The molecule has 0 bridgehead atoms. The molecule has 1 fully saturated rings. The molecular weight excluding hydrogens is 418 g/mol. The van der Waals surface area contributed by atoms with Crippen molar-refractivity contribution in [3.8, 4) is 0 Å². The fourth-order valence-corrected chi connectivity index (χ4v) is 6.15. The van der Waals surface area contributed by atoms with Crippen molar-refractivity contribution >= 4 is 27.3 Å². The first-order chi connectivity index (χ1) is 14.4. The van der Waals surface area contributed by atoms with Crippen molar-refractivity contribution in [2.24, 2.45) is 4.99 Å². The van der Waals surface area contributed by atoms with Crippen LogP contribution in [0.3, 0.4) is 0 Å². The number of thiazole rings is 1. The van der Waals surface area contributed by atoms with E-state index >= 15 is 0 Å². The average Bonchev–Trinajstić information content (AvgIpc) is 3.07. The van der Waals surface area contributed by atoms with Crippen molar-refractivity contribution in [1.82, 2.24) is 19.9 Å². The maximum absolute atomic E-state index is 13.2. The van der Waals surface area contributed by atoms with Crippen molar-refractivity contribution < 1.29 is 8.42 Å². The van der Waals surface area contributed by atoms with Gasteiger partial charge in [-0.2, -0.15) is 4.31 Å². The SMILES string of the molecule is CCNC(=NCc1ccccc1S(=O)(=O)N1CCCCC1)NCc1sc(C)nc1C. The van der Waals surface area contributed by atoms with Crippen LogP contribution in [0.1, 0.15) is 47.3 Å². The predicted molar refractivity (Wildman–Crippen MR) is 122 cm³/mol. The van der Waals surface area contributed by atoms with E-state index in [1.165, 1.54) is 4.88 Å². The van der Waals surface area contributed by atoms with Crippen LogP contribution >= 0.6 is 11.3 Å². The van der Waals surface area contributed by atoms with Gasteiger partial charge in [-0.05, 0) is 45.2 Å². The zero-order chi connectivity index (χ0) is 21.6. The fourth-order valence-electron chi connectivity index (χ4n) is 3.54. The number of aryl methyl sites for hydroxylation is 2. The van der Waals surface area contributed by atoms with Crippen molar-refractivity contribution in [1.29, 1.82) is 0 Å². The van der Waals surface area contributed by atoms with Gasteiger partial charge in [-0.25, -0.2) is 18.4 Å². The van der Waals surface area contributed by atoms with E-state index in [9.17, 15) is 8.42 Å². The maximum Gasteiger partial charge on any atom is 0.243 e. The number of aliphatic imine (C=N–C) groups is 1. The van der Waals surface area contributed by atoms with Gasteiger partial charge in [0, 0.05) is 24.5 Å². The minimum atomic E-state index is -3.49. The summed E-state index contributed by atoms with van der Waals surface area (Å²) in [5.41, 5.74) is 1.74. The lowest BCUT2D eigenvalue weighted by molar-refractivity contribution is 0.346. The number of hydrogen-bond donors (Lipinski definition) is 2. The van der Waals surface area contributed by atoms with Gasteiger partial charge >= 0.3 is 0 Å². The summed E-state index contributed by atoms with van der Waals surface area (Å²) in [6.45, 7) is 8.85. The number of hydrogen-bond acceptors (Lipinski definition) is 5. The number of guanidine groups is 1. The topological polar surface area (TPSA) is 86.7 Å². The maximum atomic E-state index is 13.2. The lowest BCUT2D eigenvalue weighted by Gasteiger charge is -2.26. The third-order valence-corrected chi connectivity index (χ3v) is 8.15. The minimum Gasteiger partial charge on any atom is -0.357 e. The molecule has 0 aliphatic carbocycles. The summed E-state index contributed by atoms with van der Waals surface area (Å²) < 4.78 is 27.9. The van der Waals surface area contributed by atoms with Crippen LogP contribution in [0.2, 0.25) is 0 Å². The molecule has 1 saturated heterocycles. The second-order valence-corrected chi connectivity index (χ2v) is 10.6. The number of nitrogens with one attached hydrogen (secondary N) is 2. The summed E-state index contributed by atoms with van der Waals surface area (Å²) in [6, 6.07) is 7.19. The van der Waals surface area contributed by atoms with Crippen LogP contribution in [-0.2, 0) is 23.1 Å². The molecule has 0 amide bonds. The highest BCUT2D eigenvalue weighted by atomic mass is 32.2. The highest BCUT2D eigenvalue weighted by molar-refractivity contribution is 7.89. The molecule has 164 valence electrons. The van der Waals surface area contributed by atoms with E-state index < -0.39 is 10.0 Å². The molecule has 0 unspecified atom stereocenters. The van der Waals surface area contributed by atoms with Gasteiger partial charge in [-0.15, -0.1) is 11.3 Å². The predicted octanol–water partition coefficient (Wildman–Crippen LogP) is 3.19. The Hall–Kier alpha value is -1.97. The monoisotopic (exact) mass is 449 g/mol. The Morgan fingerprint density at radius 3 is 2.57 bits per heavy atom. The molecule has 1 aromatic heterocycles. The number of sulfonamides is 1. The van der Waals surface area contributed by atoms with Gasteiger partial charge in [0.05, 0.1) is 28.7 Å². The molecule has 2 aromatic rings. The molecule has 9 heteroatoms. The first kappa shape index (κ1) is 22.7. The van der Waals surface area contributed by atoms with Crippen LogP contribution in [0, 0.1) is 13.8 Å². The lowest BCUT2D eigenvalue weighted by Crippen LogP contribution is -2.37. The van der Waals surface area contributed by atoms with Gasteiger partial charge in [0.1, 0.15) is 0 Å². The van der Waals surface area contributed by atoms with Gasteiger partial charge in [-0.3, -0.25) is 0 Å². The largest absolute Gasteiger partial charge is 0.357 e. The molecule has 1 aromatic carbocycles. The second kappa shape index (κ2) is 10.4. The second-order valence-electron chi connectivity index (χ2n) is 7.36. The molecule has 1 aliphatic rings. The lowest BCUT2D eigenvalue weighted by atomic mass is 10.2. The zero-order valence-electron chi connectivity index (χ0n) is 17.9. The van der Waals surface area contributed by atoms with E-state index in [2.05, 4.69) is 20.6 Å². The summed E-state index contributed by atoms with van der Waals surface area (Å²) >= 11 is 1.67. The van der Waals surface area contributed by atoms with Crippen LogP contribution in [0.25, 0.3) is 0 Å². The van der Waals surface area contributed by atoms with E-state index in [4.69, 9.17) is 0 Å². The average molecular weight is 450 g/mol. The fraction of sp³-hybridized carbons (Fsp3) is 0.524. The highest BCUT2D eigenvalue weighted by Crippen LogP contribution is 2.24. The van der Waals surface area contributed by atoms with Gasteiger partial charge in [0.2, 0.25) is 10.0 Å². The Balaban J connectivity index is 1.76. The van der Waals surface area contributed by atoms with E-state index in [0.717, 1.165) is 36.5 Å². The van der Waals surface area contributed by atoms with Crippen molar-refractivity contribution in [3.05, 3.63) is 45.4 Å². The highest BCUT2D eigenvalue weighted by Gasteiger charge is 2.27. The normalized spacial score (nSPS) is 15.9. The summed E-state index contributed by atoms with van der Waals surface area (Å²) in [4.78, 5) is 10.6. The Morgan fingerprint density at radius 1 is 1.17 bits per heavy atom. The van der Waals surface area contributed by atoms with Crippen LogP contribution in [0.4, 0.5) is 0 Å². The van der Waals surface area contributed by atoms with Gasteiger partial charge in [0.25, 0.3) is 0 Å². The number of piperidine rings is 1. The van der Waals surface area contributed by atoms with Crippen LogP contribution in [0.5, 0.6) is 0 Å².